The van der Waals surface area contributed by atoms with Crippen LogP contribution in [0.1, 0.15) is 12.0 Å². The van der Waals surface area contributed by atoms with Crippen LogP contribution in [0.5, 0.6) is 5.75 Å². The van der Waals surface area contributed by atoms with Crippen molar-refractivity contribution >= 4 is 28.5 Å². The number of carbonyl (C=O) groups excluding carboxylic acids is 1. The number of amides is 1. The minimum atomic E-state index is -1.07. The number of methoxy groups -OCH3 is 1. The van der Waals surface area contributed by atoms with Gasteiger partial charge in [-0.25, -0.2) is 0 Å². The first-order chi connectivity index (χ1) is 10.1. The normalized spacial score (nSPS) is 19.5. The van der Waals surface area contributed by atoms with E-state index in [1.54, 1.807) is 25.1 Å². The Balaban J connectivity index is 1.95. The Morgan fingerprint density at radius 2 is 2.24 bits per heavy atom. The highest BCUT2D eigenvalue weighted by Crippen LogP contribution is 2.29. The Kier molecular flexibility index (Phi) is 6.11. The van der Waals surface area contributed by atoms with Crippen molar-refractivity contribution in [2.24, 2.45) is 0 Å². The molecule has 1 aromatic rings. The summed E-state index contributed by atoms with van der Waals surface area (Å²) in [5.41, 5.74) is 1.17. The van der Waals surface area contributed by atoms with Crippen LogP contribution in [0, 0.1) is 0 Å². The van der Waals surface area contributed by atoms with Gasteiger partial charge >= 0.3 is 0 Å². The van der Waals surface area contributed by atoms with Crippen LogP contribution in [0.4, 0.5) is 0 Å². The average Bonchev–Trinajstić information content (AvgIpc) is 2.93. The summed E-state index contributed by atoms with van der Waals surface area (Å²) in [6.07, 6.45) is 3.35. The van der Waals surface area contributed by atoms with Crippen LogP contribution < -0.4 is 4.74 Å². The minimum Gasteiger partial charge on any atom is -0.496 e. The van der Waals surface area contributed by atoms with E-state index < -0.39 is 10.8 Å². The molecule has 6 heteroatoms. The van der Waals surface area contributed by atoms with Crippen molar-refractivity contribution in [1.82, 2.24) is 4.90 Å². The van der Waals surface area contributed by atoms with Gasteiger partial charge < -0.3 is 9.64 Å². The van der Waals surface area contributed by atoms with E-state index in [1.165, 1.54) is 5.56 Å². The summed E-state index contributed by atoms with van der Waals surface area (Å²) in [6.45, 7) is 0.761. The summed E-state index contributed by atoms with van der Waals surface area (Å²) in [4.78, 5) is 14.0. The molecule has 0 aromatic heterocycles. The van der Waals surface area contributed by atoms with Gasteiger partial charge in [-0.05, 0) is 24.5 Å². The standard InChI is InChI=1S/C15H21NO3S2/c1-19-13-6-4-3-5-12(13)7-8-15-16(9-10-20-15)14(17)11-21(2)18/h3-6,15H,7-11H2,1-2H3. The van der Waals surface area contributed by atoms with E-state index in [1.807, 2.05) is 23.1 Å². The van der Waals surface area contributed by atoms with Crippen LogP contribution in [0.3, 0.4) is 0 Å². The van der Waals surface area contributed by atoms with E-state index in [4.69, 9.17) is 4.74 Å². The number of hydrogen-bond acceptors (Lipinski definition) is 4. The summed E-state index contributed by atoms with van der Waals surface area (Å²) < 4.78 is 16.6. The Morgan fingerprint density at radius 1 is 1.48 bits per heavy atom. The Bertz CT molecular complexity index is 521. The Labute approximate surface area is 132 Å². The van der Waals surface area contributed by atoms with Crippen LogP contribution in [0.25, 0.3) is 0 Å². The van der Waals surface area contributed by atoms with Crippen molar-refractivity contribution in [2.75, 3.05) is 31.4 Å². The van der Waals surface area contributed by atoms with E-state index in [-0.39, 0.29) is 17.0 Å². The topological polar surface area (TPSA) is 46.6 Å². The lowest BCUT2D eigenvalue weighted by Gasteiger charge is -2.23. The molecule has 0 radical (unpaired) electrons. The maximum Gasteiger partial charge on any atom is 0.236 e. The molecule has 1 aromatic carbocycles. The van der Waals surface area contributed by atoms with Crippen molar-refractivity contribution in [2.45, 2.75) is 18.2 Å². The molecule has 2 rings (SSSR count). The molecule has 1 fully saturated rings. The first kappa shape index (κ1) is 16.4. The molecule has 0 N–H and O–H groups in total. The smallest absolute Gasteiger partial charge is 0.236 e. The zero-order valence-electron chi connectivity index (χ0n) is 12.4. The Morgan fingerprint density at radius 3 is 2.95 bits per heavy atom. The van der Waals surface area contributed by atoms with E-state index in [0.717, 1.165) is 30.9 Å². The average molecular weight is 327 g/mol. The summed E-state index contributed by atoms with van der Waals surface area (Å²) in [5, 5.41) is 0.186. The van der Waals surface area contributed by atoms with Crippen LogP contribution in [-0.2, 0) is 22.0 Å². The molecule has 0 saturated carbocycles. The van der Waals surface area contributed by atoms with Gasteiger partial charge in [-0.3, -0.25) is 9.00 Å². The largest absolute Gasteiger partial charge is 0.496 e. The molecular formula is C15H21NO3S2. The fourth-order valence-corrected chi connectivity index (χ4v) is 4.27. The van der Waals surface area contributed by atoms with Crippen molar-refractivity contribution in [1.29, 1.82) is 0 Å². The lowest BCUT2D eigenvalue weighted by molar-refractivity contribution is -0.128. The number of ether oxygens (including phenoxy) is 1. The van der Waals surface area contributed by atoms with Crippen LogP contribution in [-0.4, -0.2) is 51.8 Å². The predicted octanol–water partition coefficient (Wildman–Crippen LogP) is 1.91. The highest BCUT2D eigenvalue weighted by atomic mass is 32.2. The third kappa shape index (κ3) is 4.48. The summed E-state index contributed by atoms with van der Waals surface area (Å²) in [6, 6.07) is 7.98. The van der Waals surface area contributed by atoms with Gasteiger partial charge in [0.25, 0.3) is 0 Å². The molecule has 1 amide bonds. The van der Waals surface area contributed by atoms with Crippen molar-refractivity contribution in [3.8, 4) is 5.75 Å². The number of rotatable bonds is 6. The predicted molar refractivity (Wildman–Crippen MR) is 88.2 cm³/mol. The first-order valence-electron chi connectivity index (χ1n) is 6.95. The second-order valence-electron chi connectivity index (χ2n) is 4.98. The molecule has 1 aliphatic heterocycles. The number of benzene rings is 1. The zero-order chi connectivity index (χ0) is 15.2. The number of aryl methyl sites for hydroxylation is 1. The molecule has 1 aliphatic rings. The highest BCUT2D eigenvalue weighted by molar-refractivity contribution is 8.00. The van der Waals surface area contributed by atoms with Gasteiger partial charge in [-0.2, -0.15) is 0 Å². The summed E-state index contributed by atoms with van der Waals surface area (Å²) in [7, 11) is 0.604. The fraction of sp³-hybridized carbons (Fsp3) is 0.533. The number of carbonyl (C=O) groups is 1. The molecule has 0 spiro atoms. The van der Waals surface area contributed by atoms with Gasteiger partial charge in [0.05, 0.1) is 12.5 Å². The van der Waals surface area contributed by atoms with Gasteiger partial charge in [0.2, 0.25) is 5.91 Å². The molecular weight excluding hydrogens is 306 g/mol. The molecule has 2 unspecified atom stereocenters. The Hall–Kier alpha value is -1.01. The summed E-state index contributed by atoms with van der Waals surface area (Å²) >= 11 is 1.80. The molecule has 21 heavy (non-hydrogen) atoms. The second-order valence-corrected chi connectivity index (χ2v) is 7.70. The number of para-hydroxylation sites is 1. The minimum absolute atomic E-state index is 0.00543. The van der Waals surface area contributed by atoms with Crippen LogP contribution in [0.2, 0.25) is 0 Å². The van der Waals surface area contributed by atoms with E-state index in [2.05, 4.69) is 6.07 Å². The third-order valence-corrected chi connectivity index (χ3v) is 5.44. The highest BCUT2D eigenvalue weighted by Gasteiger charge is 2.29. The van der Waals surface area contributed by atoms with Gasteiger partial charge in [-0.1, -0.05) is 18.2 Å². The molecule has 0 aliphatic carbocycles. The van der Waals surface area contributed by atoms with Gasteiger partial charge in [0, 0.05) is 29.4 Å². The monoisotopic (exact) mass is 327 g/mol. The SMILES string of the molecule is COc1ccccc1CCC1SCCN1C(=O)CS(C)=O. The fourth-order valence-electron chi connectivity index (χ4n) is 2.49. The maximum atomic E-state index is 12.1. The van der Waals surface area contributed by atoms with Crippen molar-refractivity contribution in [3.05, 3.63) is 29.8 Å². The van der Waals surface area contributed by atoms with Crippen LogP contribution in [0.15, 0.2) is 24.3 Å². The van der Waals surface area contributed by atoms with Gasteiger partial charge in [0.1, 0.15) is 11.5 Å². The lowest BCUT2D eigenvalue weighted by atomic mass is 10.1. The van der Waals surface area contributed by atoms with Gasteiger partial charge in [0.15, 0.2) is 0 Å². The van der Waals surface area contributed by atoms with Crippen molar-refractivity contribution in [3.63, 3.8) is 0 Å². The molecule has 1 saturated heterocycles. The van der Waals surface area contributed by atoms with E-state index in [9.17, 15) is 9.00 Å². The van der Waals surface area contributed by atoms with E-state index >= 15 is 0 Å². The zero-order valence-corrected chi connectivity index (χ0v) is 14.0. The molecule has 116 valence electrons. The molecule has 0 bridgehead atoms. The number of nitrogens with zero attached hydrogens (tertiary/aromatic N) is 1. The van der Waals surface area contributed by atoms with Gasteiger partial charge in [-0.15, -0.1) is 11.8 Å². The maximum absolute atomic E-state index is 12.1. The van der Waals surface area contributed by atoms with Crippen LogP contribution >= 0.6 is 11.8 Å². The number of hydrogen-bond donors (Lipinski definition) is 0. The molecule has 4 nitrogen and oxygen atoms in total. The quantitative estimate of drug-likeness (QED) is 0.801. The second kappa shape index (κ2) is 7.84. The lowest BCUT2D eigenvalue weighted by Crippen LogP contribution is -2.37. The first-order valence-corrected chi connectivity index (χ1v) is 9.72. The van der Waals surface area contributed by atoms with Crippen molar-refractivity contribution < 1.29 is 13.7 Å². The molecule has 2 atom stereocenters. The molecule has 1 heterocycles. The third-order valence-electron chi connectivity index (χ3n) is 3.49. The number of thioether (sulfide) groups is 1. The van der Waals surface area contributed by atoms with E-state index in [0.29, 0.717) is 0 Å². The summed E-state index contributed by atoms with van der Waals surface area (Å²) in [5.74, 6) is 1.99.